The summed E-state index contributed by atoms with van der Waals surface area (Å²) in [5.41, 5.74) is 3.23. The SMILES string of the molecule is Cc1nc([C@@H]2CCN(C(=O)c3ccccn3)C2)nc(C)c1CC(=O)Nc1ccc(F)cc1. The molecule has 1 aromatic carbocycles. The van der Waals surface area contributed by atoms with Crippen LogP contribution in [0.5, 0.6) is 0 Å². The minimum atomic E-state index is -0.356. The number of aromatic nitrogens is 3. The van der Waals surface area contributed by atoms with Crippen LogP contribution >= 0.6 is 0 Å². The fourth-order valence-corrected chi connectivity index (χ4v) is 3.91. The Hall–Kier alpha value is -3.68. The zero-order valence-corrected chi connectivity index (χ0v) is 18.0. The van der Waals surface area contributed by atoms with Crippen molar-refractivity contribution in [3.8, 4) is 0 Å². The predicted molar refractivity (Wildman–Crippen MR) is 118 cm³/mol. The normalized spacial score (nSPS) is 15.6. The third-order valence-corrected chi connectivity index (χ3v) is 5.63. The molecule has 1 aliphatic heterocycles. The van der Waals surface area contributed by atoms with Gasteiger partial charge in [0.05, 0.1) is 6.42 Å². The Kier molecular flexibility index (Phi) is 6.20. The van der Waals surface area contributed by atoms with Crippen molar-refractivity contribution in [2.75, 3.05) is 18.4 Å². The maximum absolute atomic E-state index is 13.0. The molecule has 0 radical (unpaired) electrons. The lowest BCUT2D eigenvalue weighted by atomic mass is 10.0. The van der Waals surface area contributed by atoms with Crippen LogP contribution in [0.3, 0.4) is 0 Å². The van der Waals surface area contributed by atoms with Crippen LogP contribution in [0.15, 0.2) is 48.7 Å². The number of anilines is 1. The van der Waals surface area contributed by atoms with Gasteiger partial charge < -0.3 is 10.2 Å². The van der Waals surface area contributed by atoms with Crippen LogP contribution in [0.1, 0.15) is 45.6 Å². The molecule has 3 aromatic rings. The van der Waals surface area contributed by atoms with Crippen molar-refractivity contribution < 1.29 is 14.0 Å². The van der Waals surface area contributed by atoms with Gasteiger partial charge in [-0.3, -0.25) is 14.6 Å². The average molecular weight is 433 g/mol. The van der Waals surface area contributed by atoms with Crippen LogP contribution in [0.2, 0.25) is 0 Å². The van der Waals surface area contributed by atoms with Gasteiger partial charge in [-0.2, -0.15) is 0 Å². The number of hydrogen-bond acceptors (Lipinski definition) is 5. The van der Waals surface area contributed by atoms with Crippen LogP contribution in [0, 0.1) is 19.7 Å². The van der Waals surface area contributed by atoms with Gasteiger partial charge in [-0.1, -0.05) is 6.07 Å². The first kappa shape index (κ1) is 21.5. The van der Waals surface area contributed by atoms with Crippen molar-refractivity contribution in [2.45, 2.75) is 32.6 Å². The lowest BCUT2D eigenvalue weighted by Crippen LogP contribution is -2.29. The van der Waals surface area contributed by atoms with E-state index in [1.54, 1.807) is 29.3 Å². The number of benzene rings is 1. The minimum absolute atomic E-state index is 0.0437. The van der Waals surface area contributed by atoms with Gasteiger partial charge in [0.1, 0.15) is 17.3 Å². The van der Waals surface area contributed by atoms with Gasteiger partial charge >= 0.3 is 0 Å². The molecule has 4 rings (SSSR count). The Morgan fingerprint density at radius 2 is 1.81 bits per heavy atom. The molecular formula is C24H24FN5O2. The molecule has 164 valence electrons. The van der Waals surface area contributed by atoms with E-state index < -0.39 is 0 Å². The minimum Gasteiger partial charge on any atom is -0.337 e. The largest absolute Gasteiger partial charge is 0.337 e. The molecule has 2 aromatic heterocycles. The second kappa shape index (κ2) is 9.21. The van der Waals surface area contributed by atoms with Crippen molar-refractivity contribution in [1.29, 1.82) is 0 Å². The molecule has 1 N–H and O–H groups in total. The smallest absolute Gasteiger partial charge is 0.272 e. The molecule has 3 heterocycles. The van der Waals surface area contributed by atoms with Gasteiger partial charge in [0, 0.05) is 47.8 Å². The molecule has 0 bridgehead atoms. The van der Waals surface area contributed by atoms with Gasteiger partial charge in [0.2, 0.25) is 5.91 Å². The van der Waals surface area contributed by atoms with Crippen LogP contribution in [0.4, 0.5) is 10.1 Å². The number of nitrogens with one attached hydrogen (secondary N) is 1. The molecule has 0 saturated carbocycles. The summed E-state index contributed by atoms with van der Waals surface area (Å²) in [6.45, 7) is 4.90. The number of amides is 2. The van der Waals surface area contributed by atoms with Gasteiger partial charge in [-0.25, -0.2) is 14.4 Å². The lowest BCUT2D eigenvalue weighted by molar-refractivity contribution is -0.115. The summed E-state index contributed by atoms with van der Waals surface area (Å²) >= 11 is 0. The van der Waals surface area contributed by atoms with Crippen molar-refractivity contribution in [3.63, 3.8) is 0 Å². The van der Waals surface area contributed by atoms with Gasteiger partial charge in [0.25, 0.3) is 5.91 Å². The zero-order chi connectivity index (χ0) is 22.7. The van der Waals surface area contributed by atoms with E-state index in [1.807, 2.05) is 13.8 Å². The van der Waals surface area contributed by atoms with Crippen molar-refractivity contribution in [2.24, 2.45) is 0 Å². The molecule has 32 heavy (non-hydrogen) atoms. The molecule has 1 aliphatic rings. The van der Waals surface area contributed by atoms with Gasteiger partial charge in [-0.15, -0.1) is 0 Å². The van der Waals surface area contributed by atoms with E-state index in [1.165, 1.54) is 24.3 Å². The van der Waals surface area contributed by atoms with E-state index in [0.717, 1.165) is 23.4 Å². The highest BCUT2D eigenvalue weighted by atomic mass is 19.1. The molecule has 7 nitrogen and oxygen atoms in total. The Labute approximate surface area is 185 Å². The second-order valence-electron chi connectivity index (χ2n) is 7.91. The highest BCUT2D eigenvalue weighted by molar-refractivity contribution is 5.93. The number of hydrogen-bond donors (Lipinski definition) is 1. The van der Waals surface area contributed by atoms with E-state index in [4.69, 9.17) is 0 Å². The summed E-state index contributed by atoms with van der Waals surface area (Å²) in [5, 5.41) is 2.76. The van der Waals surface area contributed by atoms with Crippen molar-refractivity contribution in [1.82, 2.24) is 19.9 Å². The fraction of sp³-hybridized carbons (Fsp3) is 0.292. The van der Waals surface area contributed by atoms with Gasteiger partial charge in [-0.05, 0) is 56.7 Å². The Balaban J connectivity index is 1.43. The van der Waals surface area contributed by atoms with Crippen molar-refractivity contribution >= 4 is 17.5 Å². The third-order valence-electron chi connectivity index (χ3n) is 5.63. The molecule has 1 saturated heterocycles. The monoisotopic (exact) mass is 433 g/mol. The highest BCUT2D eigenvalue weighted by Crippen LogP contribution is 2.27. The molecule has 8 heteroatoms. The summed E-state index contributed by atoms with van der Waals surface area (Å²) in [5.74, 6) is 0.0786. The molecule has 0 spiro atoms. The first-order chi connectivity index (χ1) is 15.4. The lowest BCUT2D eigenvalue weighted by Gasteiger charge is -2.17. The number of rotatable bonds is 5. The predicted octanol–water partition coefficient (Wildman–Crippen LogP) is 3.44. The Morgan fingerprint density at radius 1 is 1.09 bits per heavy atom. The highest BCUT2D eigenvalue weighted by Gasteiger charge is 2.30. The van der Waals surface area contributed by atoms with Crippen molar-refractivity contribution in [3.05, 3.63) is 82.9 Å². The molecule has 2 amide bonds. The molecule has 0 unspecified atom stereocenters. The number of carbonyl (C=O) groups is 2. The number of carbonyl (C=O) groups excluding carboxylic acids is 2. The summed E-state index contributed by atoms with van der Waals surface area (Å²) in [6, 6.07) is 10.9. The number of likely N-dealkylation sites (tertiary alicyclic amines) is 1. The zero-order valence-electron chi connectivity index (χ0n) is 18.0. The van der Waals surface area contributed by atoms with Gasteiger partial charge in [0.15, 0.2) is 0 Å². The summed E-state index contributed by atoms with van der Waals surface area (Å²) in [7, 11) is 0. The van der Waals surface area contributed by atoms with E-state index in [9.17, 15) is 14.0 Å². The van der Waals surface area contributed by atoms with Crippen LogP contribution in [-0.2, 0) is 11.2 Å². The van der Waals surface area contributed by atoms with Crippen LogP contribution in [-0.4, -0.2) is 44.8 Å². The number of nitrogens with zero attached hydrogens (tertiary/aromatic N) is 4. The number of halogens is 1. The second-order valence-corrected chi connectivity index (χ2v) is 7.91. The Morgan fingerprint density at radius 3 is 2.47 bits per heavy atom. The maximum Gasteiger partial charge on any atom is 0.272 e. The summed E-state index contributed by atoms with van der Waals surface area (Å²) < 4.78 is 13.0. The fourth-order valence-electron chi connectivity index (χ4n) is 3.91. The van der Waals surface area contributed by atoms with Crippen LogP contribution in [0.25, 0.3) is 0 Å². The first-order valence-corrected chi connectivity index (χ1v) is 10.5. The first-order valence-electron chi connectivity index (χ1n) is 10.5. The topological polar surface area (TPSA) is 88.1 Å². The average Bonchev–Trinajstić information content (AvgIpc) is 3.28. The van der Waals surface area contributed by atoms with E-state index >= 15 is 0 Å². The maximum atomic E-state index is 13.0. The molecule has 0 aliphatic carbocycles. The third kappa shape index (κ3) is 4.80. The van der Waals surface area contributed by atoms with Crippen LogP contribution < -0.4 is 5.32 Å². The number of pyridine rings is 1. The summed E-state index contributed by atoms with van der Waals surface area (Å²) in [6.07, 6.45) is 2.52. The van der Waals surface area contributed by atoms with E-state index in [-0.39, 0.29) is 30.0 Å². The molecule has 1 fully saturated rings. The molecular weight excluding hydrogens is 409 g/mol. The molecule has 1 atom stereocenters. The van der Waals surface area contributed by atoms with E-state index in [0.29, 0.717) is 30.3 Å². The standard InChI is InChI=1S/C24H24FN5O2/c1-15-20(13-22(31)29-19-8-6-18(25)7-9-19)16(2)28-23(27-15)17-10-12-30(14-17)24(32)21-5-3-4-11-26-21/h3-9,11,17H,10,12-14H2,1-2H3,(H,29,31)/t17-/m1/s1. The number of aryl methyl sites for hydroxylation is 2. The quantitative estimate of drug-likeness (QED) is 0.666. The van der Waals surface area contributed by atoms with E-state index in [2.05, 4.69) is 20.3 Å². The Bertz CT molecular complexity index is 1110. The summed E-state index contributed by atoms with van der Waals surface area (Å²) in [4.78, 5) is 40.4.